The molecule has 0 heterocycles. The van der Waals surface area contributed by atoms with E-state index in [9.17, 15) is 18.4 Å². The Hall–Kier alpha value is -4.00. The van der Waals surface area contributed by atoms with Crippen LogP contribution in [-0.4, -0.2) is 18.4 Å². The Morgan fingerprint density at radius 1 is 0.735 bits per heavy atom. The number of halogens is 2. The smallest absolute Gasteiger partial charge is 0.387 e. The van der Waals surface area contributed by atoms with E-state index in [-0.39, 0.29) is 23.4 Å². The van der Waals surface area contributed by atoms with Crippen molar-refractivity contribution in [1.29, 1.82) is 0 Å². The van der Waals surface area contributed by atoms with E-state index in [2.05, 4.69) is 15.4 Å². The van der Waals surface area contributed by atoms with Crippen LogP contribution in [0, 0.1) is 0 Å². The number of carbonyl (C=O) groups is 2. The largest absolute Gasteiger partial charge is 0.435 e. The molecule has 0 aromatic heterocycles. The van der Waals surface area contributed by atoms with Crippen molar-refractivity contribution in [3.05, 3.63) is 107 Å². The summed E-state index contributed by atoms with van der Waals surface area (Å²) in [4.78, 5) is 26.3. The fraction of sp³-hybridized carbons (Fsp3) is 0.185. The summed E-state index contributed by atoms with van der Waals surface area (Å²) >= 11 is 0. The van der Waals surface area contributed by atoms with Crippen molar-refractivity contribution in [1.82, 2.24) is 10.6 Å². The highest BCUT2D eigenvalue weighted by Gasteiger charge is 2.22. The van der Waals surface area contributed by atoms with Gasteiger partial charge in [0.15, 0.2) is 0 Å². The third kappa shape index (κ3) is 7.00. The molecule has 0 aliphatic carbocycles. The zero-order valence-corrected chi connectivity index (χ0v) is 18.9. The normalized spacial score (nSPS) is 13.1. The molecule has 176 valence electrons. The van der Waals surface area contributed by atoms with Crippen LogP contribution in [0.15, 0.2) is 90.5 Å². The van der Waals surface area contributed by atoms with Gasteiger partial charge in [0.2, 0.25) is 0 Å². The lowest BCUT2D eigenvalue weighted by molar-refractivity contribution is -0.124. The lowest BCUT2D eigenvalue weighted by atomic mass is 10.0. The zero-order chi connectivity index (χ0) is 24.5. The number of benzene rings is 3. The maximum Gasteiger partial charge on any atom is 0.387 e. The van der Waals surface area contributed by atoms with Crippen LogP contribution in [0.25, 0.3) is 6.08 Å². The second kappa shape index (κ2) is 11.7. The number of rotatable bonds is 9. The molecular weight excluding hydrogens is 438 g/mol. The first-order valence-corrected chi connectivity index (χ1v) is 10.8. The summed E-state index contributed by atoms with van der Waals surface area (Å²) in [5, 5.41) is 5.71. The van der Waals surface area contributed by atoms with Crippen LogP contribution in [0.5, 0.6) is 5.75 Å². The third-order valence-electron chi connectivity index (χ3n) is 5.20. The summed E-state index contributed by atoms with van der Waals surface area (Å²) in [6.45, 7) is 0.713. The zero-order valence-electron chi connectivity index (χ0n) is 18.9. The molecule has 0 fully saturated rings. The van der Waals surface area contributed by atoms with Gasteiger partial charge in [-0.25, -0.2) is 0 Å². The Balaban J connectivity index is 1.84. The summed E-state index contributed by atoms with van der Waals surface area (Å²) in [5.41, 5.74) is 2.17. The molecule has 0 saturated carbocycles. The molecule has 34 heavy (non-hydrogen) atoms. The summed E-state index contributed by atoms with van der Waals surface area (Å²) in [6, 6.07) is 23.8. The van der Waals surface area contributed by atoms with E-state index in [1.54, 1.807) is 0 Å². The fourth-order valence-corrected chi connectivity index (χ4v) is 3.35. The van der Waals surface area contributed by atoms with E-state index in [1.807, 2.05) is 74.5 Å². The maximum atomic E-state index is 13.1. The topological polar surface area (TPSA) is 67.4 Å². The minimum absolute atomic E-state index is 0.0157. The molecule has 7 heteroatoms. The second-order valence-electron chi connectivity index (χ2n) is 7.72. The number of amides is 2. The molecule has 0 unspecified atom stereocenters. The summed E-state index contributed by atoms with van der Waals surface area (Å²) in [6.07, 6.45) is 1.42. The van der Waals surface area contributed by atoms with E-state index in [1.165, 1.54) is 30.3 Å². The first-order valence-electron chi connectivity index (χ1n) is 10.8. The summed E-state index contributed by atoms with van der Waals surface area (Å²) < 4.78 is 29.2. The maximum absolute atomic E-state index is 13.1. The molecule has 0 aliphatic rings. The predicted octanol–water partition coefficient (Wildman–Crippen LogP) is 5.43. The van der Waals surface area contributed by atoms with Gasteiger partial charge in [0.1, 0.15) is 11.3 Å². The van der Waals surface area contributed by atoms with Crippen molar-refractivity contribution < 1.29 is 23.1 Å². The molecule has 2 amide bonds. The summed E-state index contributed by atoms with van der Waals surface area (Å²) in [7, 11) is 0. The van der Waals surface area contributed by atoms with Crippen LogP contribution in [0.3, 0.4) is 0 Å². The van der Waals surface area contributed by atoms with Crippen LogP contribution >= 0.6 is 0 Å². The molecule has 0 aliphatic heterocycles. The average molecular weight is 465 g/mol. The number of hydrogen-bond acceptors (Lipinski definition) is 3. The van der Waals surface area contributed by atoms with Gasteiger partial charge in [0.05, 0.1) is 12.1 Å². The van der Waals surface area contributed by atoms with Gasteiger partial charge in [-0.1, -0.05) is 72.8 Å². The molecule has 3 aromatic carbocycles. The van der Waals surface area contributed by atoms with E-state index in [4.69, 9.17) is 0 Å². The number of ether oxygens (including phenoxy) is 1. The predicted molar refractivity (Wildman–Crippen MR) is 127 cm³/mol. The molecule has 2 N–H and O–H groups in total. The number of carbonyl (C=O) groups excluding carboxylic acids is 2. The summed E-state index contributed by atoms with van der Waals surface area (Å²) in [5.74, 6) is -1.12. The van der Waals surface area contributed by atoms with E-state index in [0.29, 0.717) is 5.56 Å². The quantitative estimate of drug-likeness (QED) is 0.252. The number of alkyl halides is 2. The highest BCUT2D eigenvalue weighted by molar-refractivity contribution is 6.21. The Bertz CT molecular complexity index is 1060. The van der Waals surface area contributed by atoms with Gasteiger partial charge in [-0.3, -0.25) is 9.59 Å². The Kier molecular flexibility index (Phi) is 8.51. The van der Waals surface area contributed by atoms with Crippen molar-refractivity contribution in [3.63, 3.8) is 0 Å². The number of hydrogen-bond donors (Lipinski definition) is 2. The molecule has 0 spiro atoms. The molecule has 0 saturated heterocycles. The third-order valence-corrected chi connectivity index (χ3v) is 5.20. The van der Waals surface area contributed by atoms with Crippen LogP contribution in [-0.2, 0) is 9.59 Å². The molecule has 3 rings (SSSR count). The van der Waals surface area contributed by atoms with Crippen molar-refractivity contribution in [3.8, 4) is 5.75 Å². The Morgan fingerprint density at radius 3 is 1.59 bits per heavy atom. The van der Waals surface area contributed by atoms with Crippen molar-refractivity contribution in [2.24, 2.45) is 0 Å². The second-order valence-corrected chi connectivity index (χ2v) is 7.72. The van der Waals surface area contributed by atoms with Crippen LogP contribution in [0.1, 0.15) is 42.6 Å². The van der Waals surface area contributed by atoms with Crippen LogP contribution in [0.4, 0.5) is 8.78 Å². The highest BCUT2D eigenvalue weighted by Crippen LogP contribution is 2.19. The lowest BCUT2D eigenvalue weighted by Crippen LogP contribution is -2.36. The molecule has 5 nitrogen and oxygen atoms in total. The molecule has 2 atom stereocenters. The minimum Gasteiger partial charge on any atom is -0.435 e. The fourth-order valence-electron chi connectivity index (χ4n) is 3.35. The number of nitrogens with one attached hydrogen (secondary N) is 2. The van der Waals surface area contributed by atoms with Crippen molar-refractivity contribution in [2.45, 2.75) is 32.5 Å². The van der Waals surface area contributed by atoms with E-state index < -0.39 is 18.4 Å². The van der Waals surface area contributed by atoms with Gasteiger partial charge in [-0.15, -0.1) is 0 Å². The van der Waals surface area contributed by atoms with Gasteiger partial charge < -0.3 is 15.4 Å². The van der Waals surface area contributed by atoms with Crippen LogP contribution < -0.4 is 15.4 Å². The molecule has 0 radical (unpaired) electrons. The van der Waals surface area contributed by atoms with Gasteiger partial charge in [-0.05, 0) is 48.7 Å². The van der Waals surface area contributed by atoms with E-state index in [0.717, 1.165) is 11.1 Å². The van der Waals surface area contributed by atoms with Crippen LogP contribution in [0.2, 0.25) is 0 Å². The Labute approximate surface area is 197 Å². The molecule has 0 bridgehead atoms. The monoisotopic (exact) mass is 464 g/mol. The van der Waals surface area contributed by atoms with Gasteiger partial charge >= 0.3 is 6.61 Å². The SMILES string of the molecule is C[C@H](NC(=O)C(=Cc1ccc(OC(F)F)cc1)C(=O)N[C@H](C)c1ccccc1)c1ccccc1. The van der Waals surface area contributed by atoms with E-state index >= 15 is 0 Å². The first kappa shape index (κ1) is 24.6. The lowest BCUT2D eigenvalue weighted by Gasteiger charge is -2.18. The van der Waals surface area contributed by atoms with Crippen molar-refractivity contribution in [2.75, 3.05) is 0 Å². The van der Waals surface area contributed by atoms with Gasteiger partial charge in [0.25, 0.3) is 11.8 Å². The Morgan fingerprint density at radius 2 is 1.18 bits per heavy atom. The molecular formula is C27H26F2N2O3. The van der Waals surface area contributed by atoms with Gasteiger partial charge in [-0.2, -0.15) is 8.78 Å². The first-order chi connectivity index (χ1) is 16.3. The highest BCUT2D eigenvalue weighted by atomic mass is 19.3. The molecule has 3 aromatic rings. The minimum atomic E-state index is -2.94. The standard InChI is InChI=1S/C27H26F2N2O3/c1-18(21-9-5-3-6-10-21)30-25(32)24(17-20-13-15-23(16-14-20)34-27(28)29)26(33)31-19(2)22-11-7-4-8-12-22/h3-19,27H,1-2H3,(H,30,32)(H,31,33)/t18-,19+. The average Bonchev–Trinajstić information content (AvgIpc) is 2.84. The van der Waals surface area contributed by atoms with Gasteiger partial charge in [0, 0.05) is 0 Å². The van der Waals surface area contributed by atoms with Crippen molar-refractivity contribution >= 4 is 17.9 Å².